The molecule has 1 aliphatic heterocycles. The average Bonchev–Trinajstić information content (AvgIpc) is 3.01. The van der Waals surface area contributed by atoms with Crippen LogP contribution in [-0.4, -0.2) is 82.8 Å². The summed E-state index contributed by atoms with van der Waals surface area (Å²) in [5, 5.41) is 0. The Labute approximate surface area is 257 Å². The normalized spacial score (nSPS) is 17.0. The van der Waals surface area contributed by atoms with Gasteiger partial charge in [-0.05, 0) is 62.7 Å². The Balaban J connectivity index is 1.43. The van der Waals surface area contributed by atoms with E-state index in [1.54, 1.807) is 37.2 Å². The molecule has 0 saturated carbocycles. The highest BCUT2D eigenvalue weighted by Gasteiger charge is 2.34. The first-order valence-corrected chi connectivity index (χ1v) is 14.9. The molecule has 228 valence electrons. The summed E-state index contributed by atoms with van der Waals surface area (Å²) >= 11 is 0. The predicted octanol–water partition coefficient (Wildman–Crippen LogP) is 5.39. The molecule has 0 spiro atoms. The highest BCUT2D eigenvalue weighted by atomic mass is 16.5. The van der Waals surface area contributed by atoms with Gasteiger partial charge < -0.3 is 33.4 Å². The topological polar surface area (TPSA) is 69.7 Å². The largest absolute Gasteiger partial charge is 0.493 e. The molecule has 4 rings (SSSR count). The fourth-order valence-corrected chi connectivity index (χ4v) is 5.44. The van der Waals surface area contributed by atoms with Crippen LogP contribution in [0.4, 0.5) is 0 Å². The average molecular weight is 587 g/mol. The Hall–Kier alpha value is -3.69. The molecule has 2 atom stereocenters. The molecule has 1 aliphatic rings. The summed E-state index contributed by atoms with van der Waals surface area (Å²) in [6.45, 7) is 7.28. The number of hydrogen-bond donors (Lipinski definition) is 0. The second-order valence-corrected chi connectivity index (χ2v) is 11.1. The fourth-order valence-electron chi connectivity index (χ4n) is 5.44. The van der Waals surface area contributed by atoms with Crippen molar-refractivity contribution in [2.75, 3.05) is 47.1 Å². The van der Waals surface area contributed by atoms with Gasteiger partial charge in [0.05, 0.1) is 20.3 Å². The van der Waals surface area contributed by atoms with E-state index in [1.807, 2.05) is 73.3 Å². The molecule has 0 aromatic heterocycles. The third-order valence-corrected chi connectivity index (χ3v) is 7.45. The van der Waals surface area contributed by atoms with Crippen LogP contribution in [0.2, 0.25) is 0 Å². The zero-order valence-corrected chi connectivity index (χ0v) is 25.7. The van der Waals surface area contributed by atoms with Gasteiger partial charge in [0.2, 0.25) is 0 Å². The second-order valence-electron chi connectivity index (χ2n) is 11.1. The number of hydrogen-bond acceptors (Lipinski definition) is 7. The minimum Gasteiger partial charge on any atom is -0.493 e. The second kappa shape index (κ2) is 16.2. The fraction of sp³-hybridized carbons (Fsp3) is 0.441. The van der Waals surface area contributed by atoms with E-state index in [0.29, 0.717) is 68.1 Å². The number of nitrogens with zero attached hydrogens (tertiary/aromatic N) is 2. The van der Waals surface area contributed by atoms with Crippen LogP contribution < -0.4 is 18.9 Å². The zero-order valence-electron chi connectivity index (χ0n) is 25.7. The number of piperidine rings is 1. The molecule has 43 heavy (non-hydrogen) atoms. The smallest absolute Gasteiger partial charge is 0.254 e. The lowest BCUT2D eigenvalue weighted by atomic mass is 9.90. The summed E-state index contributed by atoms with van der Waals surface area (Å²) in [4.78, 5) is 17.7. The SMILES string of the molecule is [B]N1CC(COc2ccccc2OCc2ccccc2)CC(N(C(=O)c2ccc(OC)c(OCCCOC)c2)C(C)C)C1. The van der Waals surface area contributed by atoms with Gasteiger partial charge in [0, 0.05) is 50.2 Å². The summed E-state index contributed by atoms with van der Waals surface area (Å²) < 4.78 is 28.9. The van der Waals surface area contributed by atoms with Gasteiger partial charge in [-0.2, -0.15) is 0 Å². The third kappa shape index (κ3) is 9.15. The van der Waals surface area contributed by atoms with Gasteiger partial charge in [0.15, 0.2) is 31.0 Å². The maximum absolute atomic E-state index is 13.9. The Kier molecular flexibility index (Phi) is 12.2. The van der Waals surface area contributed by atoms with Crippen molar-refractivity contribution in [3.63, 3.8) is 0 Å². The number of methoxy groups -OCH3 is 2. The van der Waals surface area contributed by atoms with E-state index in [4.69, 9.17) is 31.7 Å². The van der Waals surface area contributed by atoms with Gasteiger partial charge in [-0.1, -0.05) is 42.5 Å². The van der Waals surface area contributed by atoms with Crippen LogP contribution in [0.3, 0.4) is 0 Å². The van der Waals surface area contributed by atoms with Gasteiger partial charge in [-0.25, -0.2) is 0 Å². The molecular formula is C34H43BN2O6. The van der Waals surface area contributed by atoms with Gasteiger partial charge in [0.25, 0.3) is 5.91 Å². The van der Waals surface area contributed by atoms with Gasteiger partial charge >= 0.3 is 0 Å². The van der Waals surface area contributed by atoms with Crippen LogP contribution in [0.1, 0.15) is 42.6 Å². The third-order valence-electron chi connectivity index (χ3n) is 7.45. The molecule has 0 N–H and O–H groups in total. The van der Waals surface area contributed by atoms with Crippen molar-refractivity contribution in [1.29, 1.82) is 0 Å². The van der Waals surface area contributed by atoms with Gasteiger partial charge in [-0.15, -0.1) is 0 Å². The predicted molar refractivity (Wildman–Crippen MR) is 168 cm³/mol. The molecule has 3 aromatic carbocycles. The summed E-state index contributed by atoms with van der Waals surface area (Å²) in [5.41, 5.74) is 1.63. The van der Waals surface area contributed by atoms with E-state index in [1.165, 1.54) is 0 Å². The summed E-state index contributed by atoms with van der Waals surface area (Å²) in [6, 6.07) is 23.0. The molecule has 1 fully saturated rings. The Morgan fingerprint density at radius 2 is 1.60 bits per heavy atom. The molecule has 2 unspecified atom stereocenters. The highest BCUT2D eigenvalue weighted by Crippen LogP contribution is 2.32. The maximum atomic E-state index is 13.9. The van der Waals surface area contributed by atoms with Crippen LogP contribution in [-0.2, 0) is 11.3 Å². The molecule has 2 radical (unpaired) electrons. The summed E-state index contributed by atoms with van der Waals surface area (Å²) in [7, 11) is 9.66. The molecule has 0 aliphatic carbocycles. The molecule has 8 nitrogen and oxygen atoms in total. The highest BCUT2D eigenvalue weighted by molar-refractivity contribution is 6.04. The minimum atomic E-state index is -0.0856. The Morgan fingerprint density at radius 3 is 2.30 bits per heavy atom. The van der Waals surface area contributed by atoms with Crippen molar-refractivity contribution in [3.8, 4) is 23.0 Å². The van der Waals surface area contributed by atoms with E-state index >= 15 is 0 Å². The van der Waals surface area contributed by atoms with Gasteiger partial charge in [0.1, 0.15) is 6.61 Å². The molecule has 0 bridgehead atoms. The lowest BCUT2D eigenvalue weighted by molar-refractivity contribution is 0.0420. The molecule has 9 heteroatoms. The molecule has 1 saturated heterocycles. The minimum absolute atomic E-state index is 0.0362. The maximum Gasteiger partial charge on any atom is 0.254 e. The number of benzene rings is 3. The molecular weight excluding hydrogens is 543 g/mol. The Morgan fingerprint density at radius 1 is 0.884 bits per heavy atom. The standard InChI is InChI=1S/C34H43BN2O6/c1-25(2)37(34(38)28-15-16-30(40-4)33(20-28)41-18-10-17-39-3)29-19-27(21-36(35)22-29)24-43-32-14-9-8-13-31(32)42-23-26-11-6-5-7-12-26/h5-9,11-16,20,25,27,29H,10,17-19,21-24H2,1-4H3. The first-order valence-electron chi connectivity index (χ1n) is 14.9. The van der Waals surface area contributed by atoms with Gasteiger partial charge in [-0.3, -0.25) is 4.79 Å². The number of rotatable bonds is 15. The number of para-hydroxylation sites is 2. The van der Waals surface area contributed by atoms with E-state index in [9.17, 15) is 4.79 Å². The van der Waals surface area contributed by atoms with E-state index < -0.39 is 0 Å². The van der Waals surface area contributed by atoms with Crippen molar-refractivity contribution in [2.24, 2.45) is 5.92 Å². The Bertz CT molecular complexity index is 1290. The summed E-state index contributed by atoms with van der Waals surface area (Å²) in [6.07, 6.45) is 1.50. The molecule has 1 heterocycles. The van der Waals surface area contributed by atoms with Crippen molar-refractivity contribution in [3.05, 3.63) is 83.9 Å². The van der Waals surface area contributed by atoms with Crippen molar-refractivity contribution in [2.45, 2.75) is 45.4 Å². The van der Waals surface area contributed by atoms with E-state index in [-0.39, 0.29) is 23.9 Å². The monoisotopic (exact) mass is 586 g/mol. The quantitative estimate of drug-likeness (QED) is 0.175. The first kappa shape index (κ1) is 32.2. The number of ether oxygens (including phenoxy) is 5. The van der Waals surface area contributed by atoms with Crippen LogP contribution in [0, 0.1) is 5.92 Å². The number of carbonyl (C=O) groups is 1. The lowest BCUT2D eigenvalue weighted by Gasteiger charge is -2.43. The number of amides is 1. The van der Waals surface area contributed by atoms with E-state index in [2.05, 4.69) is 0 Å². The van der Waals surface area contributed by atoms with Crippen molar-refractivity contribution in [1.82, 2.24) is 9.71 Å². The van der Waals surface area contributed by atoms with E-state index in [0.717, 1.165) is 18.4 Å². The van der Waals surface area contributed by atoms with Crippen LogP contribution >= 0.6 is 0 Å². The van der Waals surface area contributed by atoms with Crippen LogP contribution in [0.5, 0.6) is 23.0 Å². The first-order chi connectivity index (χ1) is 20.9. The van der Waals surface area contributed by atoms with Crippen LogP contribution in [0.25, 0.3) is 0 Å². The zero-order chi connectivity index (χ0) is 30.6. The molecule has 1 amide bonds. The van der Waals surface area contributed by atoms with Crippen LogP contribution in [0.15, 0.2) is 72.8 Å². The molecule has 3 aromatic rings. The van der Waals surface area contributed by atoms with Crippen molar-refractivity contribution >= 4 is 13.9 Å². The number of carbonyl (C=O) groups excluding carboxylic acids is 1. The summed E-state index contributed by atoms with van der Waals surface area (Å²) in [5.74, 6) is 2.56. The lowest BCUT2D eigenvalue weighted by Crippen LogP contribution is -2.55. The van der Waals surface area contributed by atoms with Crippen molar-refractivity contribution < 1.29 is 28.5 Å².